The van der Waals surface area contributed by atoms with Crippen molar-refractivity contribution in [1.82, 2.24) is 0 Å². The number of aliphatic imine (C=N–C) groups is 1. The molecule has 1 aliphatic heterocycles. The lowest BCUT2D eigenvalue weighted by Gasteiger charge is -2.30. The fraction of sp³-hybridized carbons (Fsp3) is 0.235. The summed E-state index contributed by atoms with van der Waals surface area (Å²) < 4.78 is 44.6. The average molecular weight is 615 g/mol. The molecule has 4 aromatic rings. The molecule has 2 atom stereocenters. The molecule has 44 heavy (non-hydrogen) atoms. The molecule has 10 heteroatoms. The maximum absolute atomic E-state index is 14.3. The standard InChI is InChI=1S/C34H34N2O7S/c1-41-29-13-8-10-26(24-29)31-34(33(38)35-27-11-4-2-5-12-27,20-23-44(39,40)30-14-6-3-7-15-30)36-32(43-31)25-16-18-28(19-17-25)42-22-9-21-37/h2-8,10-19,24,31,37H,9,20-23H2,1H3,(H,35,38)/t31-,34-/m1/s1. The number of nitrogens with one attached hydrogen (secondary N) is 1. The molecule has 0 radical (unpaired) electrons. The van der Waals surface area contributed by atoms with E-state index in [2.05, 4.69) is 5.32 Å². The van der Waals surface area contributed by atoms with Crippen LogP contribution >= 0.6 is 0 Å². The van der Waals surface area contributed by atoms with Crippen molar-refractivity contribution in [3.05, 3.63) is 120 Å². The van der Waals surface area contributed by atoms with Gasteiger partial charge in [0, 0.05) is 30.7 Å². The lowest BCUT2D eigenvalue weighted by Crippen LogP contribution is -2.46. The molecule has 9 nitrogen and oxygen atoms in total. The summed E-state index contributed by atoms with van der Waals surface area (Å²) in [6.45, 7) is 0.394. The van der Waals surface area contributed by atoms with Crippen LogP contribution in [0.25, 0.3) is 0 Å². The molecule has 0 aliphatic carbocycles. The van der Waals surface area contributed by atoms with Crippen molar-refractivity contribution in [2.75, 3.05) is 31.4 Å². The van der Waals surface area contributed by atoms with Gasteiger partial charge >= 0.3 is 0 Å². The van der Waals surface area contributed by atoms with Gasteiger partial charge in [0.05, 0.1) is 24.4 Å². The Kier molecular flexibility index (Phi) is 9.62. The molecule has 0 saturated heterocycles. The number of carbonyl (C=O) groups is 1. The minimum atomic E-state index is -3.77. The van der Waals surface area contributed by atoms with Crippen molar-refractivity contribution in [2.24, 2.45) is 4.99 Å². The third-order valence-corrected chi connectivity index (χ3v) is 9.04. The fourth-order valence-electron chi connectivity index (χ4n) is 4.97. The molecule has 2 N–H and O–H groups in total. The van der Waals surface area contributed by atoms with Gasteiger partial charge in [-0.05, 0) is 66.2 Å². The number of aliphatic hydroxyl groups is 1. The van der Waals surface area contributed by atoms with Gasteiger partial charge in [-0.1, -0.05) is 48.5 Å². The van der Waals surface area contributed by atoms with E-state index in [0.29, 0.717) is 41.3 Å². The summed E-state index contributed by atoms with van der Waals surface area (Å²) >= 11 is 0. The first-order valence-electron chi connectivity index (χ1n) is 14.2. The van der Waals surface area contributed by atoms with E-state index in [4.69, 9.17) is 24.3 Å². The molecule has 0 saturated carbocycles. The van der Waals surface area contributed by atoms with Crippen LogP contribution in [0.15, 0.2) is 119 Å². The van der Waals surface area contributed by atoms with Gasteiger partial charge in [-0.25, -0.2) is 13.4 Å². The van der Waals surface area contributed by atoms with Gasteiger partial charge in [-0.2, -0.15) is 0 Å². The van der Waals surface area contributed by atoms with Crippen LogP contribution in [0.1, 0.15) is 30.1 Å². The molecule has 0 aromatic heterocycles. The quantitative estimate of drug-likeness (QED) is 0.198. The first kappa shape index (κ1) is 30.8. The van der Waals surface area contributed by atoms with Gasteiger partial charge < -0.3 is 24.6 Å². The molecule has 1 heterocycles. The van der Waals surface area contributed by atoms with Crippen molar-refractivity contribution in [2.45, 2.75) is 29.4 Å². The Morgan fingerprint density at radius 2 is 1.64 bits per heavy atom. The summed E-state index contributed by atoms with van der Waals surface area (Å²) in [6.07, 6.45) is -0.621. The maximum Gasteiger partial charge on any atom is 0.256 e. The van der Waals surface area contributed by atoms with E-state index >= 15 is 0 Å². The number of methoxy groups -OCH3 is 1. The van der Waals surface area contributed by atoms with E-state index < -0.39 is 27.4 Å². The smallest absolute Gasteiger partial charge is 0.256 e. The Hall–Kier alpha value is -4.67. The van der Waals surface area contributed by atoms with Gasteiger partial charge in [0.25, 0.3) is 5.91 Å². The van der Waals surface area contributed by atoms with E-state index in [1.54, 1.807) is 98.1 Å². The molecule has 0 fully saturated rings. The zero-order chi connectivity index (χ0) is 31.0. The lowest BCUT2D eigenvalue weighted by atomic mass is 9.85. The third-order valence-electron chi connectivity index (χ3n) is 7.31. The zero-order valence-corrected chi connectivity index (χ0v) is 25.1. The molecule has 1 aliphatic rings. The molecule has 1 amide bonds. The third kappa shape index (κ3) is 6.93. The molecule has 0 spiro atoms. The molecule has 0 bridgehead atoms. The summed E-state index contributed by atoms with van der Waals surface area (Å²) in [5.74, 6) is 0.501. The second-order valence-electron chi connectivity index (χ2n) is 10.3. The first-order chi connectivity index (χ1) is 21.3. The fourth-order valence-corrected chi connectivity index (χ4v) is 6.36. The molecule has 4 aromatic carbocycles. The predicted molar refractivity (Wildman–Crippen MR) is 168 cm³/mol. The Labute approximate surface area is 257 Å². The van der Waals surface area contributed by atoms with Gasteiger partial charge in [0.15, 0.2) is 21.5 Å². The highest BCUT2D eigenvalue weighted by Crippen LogP contribution is 2.44. The van der Waals surface area contributed by atoms with Crippen LogP contribution in [0.4, 0.5) is 5.69 Å². The number of para-hydroxylation sites is 1. The SMILES string of the molecule is COc1cccc([C@H]2OC(c3ccc(OCCCO)cc3)=N[C@@]2(CCS(=O)(=O)c2ccccc2)C(=O)Nc2ccccc2)c1. The number of aliphatic hydroxyl groups excluding tert-OH is 1. The monoisotopic (exact) mass is 614 g/mol. The maximum atomic E-state index is 14.3. The number of sulfone groups is 1. The van der Waals surface area contributed by atoms with Gasteiger partial charge in [-0.3, -0.25) is 4.79 Å². The number of nitrogens with zero attached hydrogens (tertiary/aromatic N) is 1. The van der Waals surface area contributed by atoms with E-state index in [0.717, 1.165) is 0 Å². The van der Waals surface area contributed by atoms with E-state index in [-0.39, 0.29) is 29.6 Å². The van der Waals surface area contributed by atoms with Gasteiger partial charge in [0.1, 0.15) is 11.5 Å². The summed E-state index contributed by atoms with van der Waals surface area (Å²) in [5.41, 5.74) is 0.0793. The summed E-state index contributed by atoms with van der Waals surface area (Å²) in [7, 11) is -2.23. The van der Waals surface area contributed by atoms with Crippen LogP contribution in [0.3, 0.4) is 0 Å². The van der Waals surface area contributed by atoms with Crippen LogP contribution < -0.4 is 14.8 Å². The van der Waals surface area contributed by atoms with E-state index in [1.807, 2.05) is 6.07 Å². The van der Waals surface area contributed by atoms with Crippen LogP contribution in [0.2, 0.25) is 0 Å². The highest BCUT2D eigenvalue weighted by molar-refractivity contribution is 7.91. The topological polar surface area (TPSA) is 124 Å². The summed E-state index contributed by atoms with van der Waals surface area (Å²) in [6, 6.07) is 31.3. The molecular weight excluding hydrogens is 580 g/mol. The second kappa shape index (κ2) is 13.7. The Morgan fingerprint density at radius 1 is 0.932 bits per heavy atom. The Bertz CT molecular complexity index is 1690. The number of anilines is 1. The molecule has 5 rings (SSSR count). The number of hydrogen-bond acceptors (Lipinski definition) is 8. The van der Waals surface area contributed by atoms with E-state index in [9.17, 15) is 13.2 Å². The van der Waals surface area contributed by atoms with Crippen LogP contribution in [0, 0.1) is 0 Å². The summed E-state index contributed by atoms with van der Waals surface area (Å²) in [5, 5.41) is 12.0. The predicted octanol–water partition coefficient (Wildman–Crippen LogP) is 5.22. The molecule has 0 unspecified atom stereocenters. The molecular formula is C34H34N2O7S. The normalized spacial score (nSPS) is 17.8. The van der Waals surface area contributed by atoms with Crippen LogP contribution in [0.5, 0.6) is 11.5 Å². The lowest BCUT2D eigenvalue weighted by molar-refractivity contribution is -0.123. The number of rotatable bonds is 13. The van der Waals surface area contributed by atoms with Crippen molar-refractivity contribution < 1.29 is 32.5 Å². The minimum Gasteiger partial charge on any atom is -0.497 e. The van der Waals surface area contributed by atoms with Gasteiger partial charge in [-0.15, -0.1) is 0 Å². The Balaban J connectivity index is 1.58. The Morgan fingerprint density at radius 3 is 2.32 bits per heavy atom. The summed E-state index contributed by atoms with van der Waals surface area (Å²) in [4.78, 5) is 19.4. The number of amides is 1. The van der Waals surface area contributed by atoms with Gasteiger partial charge in [0.2, 0.25) is 5.90 Å². The highest BCUT2D eigenvalue weighted by atomic mass is 32.2. The zero-order valence-electron chi connectivity index (χ0n) is 24.3. The highest BCUT2D eigenvalue weighted by Gasteiger charge is 2.53. The molecule has 228 valence electrons. The van der Waals surface area contributed by atoms with Crippen LogP contribution in [-0.4, -0.2) is 56.9 Å². The number of ether oxygens (including phenoxy) is 3. The van der Waals surface area contributed by atoms with Crippen LogP contribution in [-0.2, 0) is 19.4 Å². The average Bonchev–Trinajstić information content (AvgIpc) is 3.46. The van der Waals surface area contributed by atoms with Crippen molar-refractivity contribution in [3.63, 3.8) is 0 Å². The van der Waals surface area contributed by atoms with Crippen molar-refractivity contribution >= 4 is 27.3 Å². The largest absolute Gasteiger partial charge is 0.497 e. The number of carbonyl (C=O) groups excluding carboxylic acids is 1. The van der Waals surface area contributed by atoms with Crippen molar-refractivity contribution in [3.8, 4) is 11.5 Å². The number of benzene rings is 4. The van der Waals surface area contributed by atoms with E-state index in [1.165, 1.54) is 12.1 Å². The number of hydrogen-bond donors (Lipinski definition) is 2. The second-order valence-corrected chi connectivity index (χ2v) is 12.4. The first-order valence-corrected chi connectivity index (χ1v) is 15.9. The van der Waals surface area contributed by atoms with Crippen molar-refractivity contribution in [1.29, 1.82) is 0 Å². The minimum absolute atomic E-state index is 0.0293.